The zero-order chi connectivity index (χ0) is 21.4. The smallest absolute Gasteiger partial charge is 0.362 e. The maximum Gasteiger partial charge on any atom is 0.416 e. The average Bonchev–Trinajstić information content (AvgIpc) is 3.06. The molecule has 0 aromatic heterocycles. The maximum atomic E-state index is 12.8. The zero-order valence-corrected chi connectivity index (χ0v) is 16.1. The molecule has 4 rings (SSSR count). The summed E-state index contributed by atoms with van der Waals surface area (Å²) in [6, 6.07) is 14.1. The number of anilines is 1. The van der Waals surface area contributed by atoms with Gasteiger partial charge in [-0.3, -0.25) is 4.79 Å². The number of piperidine rings is 1. The van der Waals surface area contributed by atoms with Crippen LogP contribution in [0.25, 0.3) is 5.70 Å². The van der Waals surface area contributed by atoms with Gasteiger partial charge in [-0.05, 0) is 37.1 Å². The van der Waals surface area contributed by atoms with Gasteiger partial charge in [0.2, 0.25) is 5.91 Å². The molecule has 5 nitrogen and oxygen atoms in total. The van der Waals surface area contributed by atoms with Crippen molar-refractivity contribution in [3.8, 4) is 0 Å². The summed E-state index contributed by atoms with van der Waals surface area (Å²) in [7, 11) is 0. The van der Waals surface area contributed by atoms with Gasteiger partial charge in [0.25, 0.3) is 0 Å². The predicted molar refractivity (Wildman–Crippen MR) is 106 cm³/mol. The molecule has 0 aliphatic carbocycles. The number of carbonyl (C=O) groups excluding carboxylic acids is 2. The number of nitrogens with zero attached hydrogens (tertiary/aromatic N) is 2. The Bertz CT molecular complexity index is 975. The van der Waals surface area contributed by atoms with Crippen molar-refractivity contribution >= 4 is 23.2 Å². The third-order valence-electron chi connectivity index (χ3n) is 5.89. The molecule has 2 aliphatic heterocycles. The third-order valence-corrected chi connectivity index (χ3v) is 5.89. The van der Waals surface area contributed by atoms with Crippen molar-refractivity contribution < 1.29 is 22.8 Å². The van der Waals surface area contributed by atoms with E-state index in [2.05, 4.69) is 10.2 Å². The normalized spacial score (nSPS) is 18.3. The number of nitrogens with one attached hydrogen (secondary N) is 1. The van der Waals surface area contributed by atoms with Gasteiger partial charge in [-0.25, -0.2) is 4.79 Å². The number of likely N-dealkylation sites (tertiary alicyclic amines) is 1. The lowest BCUT2D eigenvalue weighted by atomic mass is 9.85. The van der Waals surface area contributed by atoms with E-state index >= 15 is 0 Å². The second-order valence-corrected chi connectivity index (χ2v) is 7.47. The van der Waals surface area contributed by atoms with Gasteiger partial charge in [0.05, 0.1) is 12.2 Å². The number of para-hydroxylation sites is 1. The van der Waals surface area contributed by atoms with E-state index in [9.17, 15) is 22.8 Å². The molecule has 0 atom stereocenters. The third kappa shape index (κ3) is 3.44. The molecule has 1 amide bonds. The van der Waals surface area contributed by atoms with Gasteiger partial charge in [0, 0.05) is 24.3 Å². The first-order valence-electron chi connectivity index (χ1n) is 9.64. The van der Waals surface area contributed by atoms with Crippen LogP contribution in [0, 0.1) is 0 Å². The lowest BCUT2D eigenvalue weighted by Crippen LogP contribution is -2.56. The lowest BCUT2D eigenvalue weighted by Gasteiger charge is -2.44. The summed E-state index contributed by atoms with van der Waals surface area (Å²) in [5, 5.41) is 2.92. The van der Waals surface area contributed by atoms with E-state index < -0.39 is 17.3 Å². The van der Waals surface area contributed by atoms with Crippen molar-refractivity contribution in [2.24, 2.45) is 0 Å². The molecule has 0 unspecified atom stereocenters. The van der Waals surface area contributed by atoms with Gasteiger partial charge < -0.3 is 15.1 Å². The summed E-state index contributed by atoms with van der Waals surface area (Å²) in [6.07, 6.45) is -3.46. The molecule has 156 valence electrons. The van der Waals surface area contributed by atoms with Crippen molar-refractivity contribution in [1.29, 1.82) is 0 Å². The quantitative estimate of drug-likeness (QED) is 0.782. The first-order valence-corrected chi connectivity index (χ1v) is 9.64. The summed E-state index contributed by atoms with van der Waals surface area (Å²) in [5.74, 6) is 1.83. The van der Waals surface area contributed by atoms with Crippen LogP contribution in [0.5, 0.6) is 0 Å². The molecule has 2 heterocycles. The zero-order valence-electron chi connectivity index (χ0n) is 16.1. The molecule has 2 aliphatic rings. The maximum absolute atomic E-state index is 12.8. The number of hydrogen-bond acceptors (Lipinski definition) is 4. The van der Waals surface area contributed by atoms with Crippen LogP contribution in [-0.2, 0) is 15.8 Å². The van der Waals surface area contributed by atoms with E-state index in [4.69, 9.17) is 0 Å². The van der Waals surface area contributed by atoms with E-state index in [-0.39, 0.29) is 11.6 Å². The summed E-state index contributed by atoms with van der Waals surface area (Å²) < 4.78 is 38.4. The number of carbonyl (C=O) groups is 1. The summed E-state index contributed by atoms with van der Waals surface area (Å²) in [6.45, 7) is 1.25. The van der Waals surface area contributed by atoms with Gasteiger partial charge in [0.15, 0.2) is 5.94 Å². The Balaban J connectivity index is 1.53. The Labute approximate surface area is 171 Å². The van der Waals surface area contributed by atoms with Gasteiger partial charge in [-0.1, -0.05) is 30.3 Å². The summed E-state index contributed by atoms with van der Waals surface area (Å²) in [4.78, 5) is 28.2. The minimum Gasteiger partial charge on any atom is -0.362 e. The van der Waals surface area contributed by atoms with E-state index in [1.165, 1.54) is 12.1 Å². The van der Waals surface area contributed by atoms with E-state index in [1.54, 1.807) is 4.90 Å². The molecule has 2 aromatic rings. The number of benzene rings is 2. The standard InChI is InChI=1S/C22H20F3N3O2/c23-22(24,25)17-8-6-16(7-9-17)19(14-29)27-12-10-21(11-13-27)20(30)26-15-28(21)18-4-2-1-3-5-18/h1-9H,10-13,15H2,(H,26,30). The van der Waals surface area contributed by atoms with Crippen LogP contribution in [0.3, 0.4) is 0 Å². The second kappa shape index (κ2) is 7.54. The number of halogens is 3. The summed E-state index contributed by atoms with van der Waals surface area (Å²) in [5.41, 5.74) is 0.0628. The SMILES string of the molecule is O=C=C(c1ccc(C(F)(F)F)cc1)N1CCC2(CC1)C(=O)NCN2c1ccccc1. The van der Waals surface area contributed by atoms with Crippen LogP contribution in [0.2, 0.25) is 0 Å². The number of alkyl halides is 3. The second-order valence-electron chi connectivity index (χ2n) is 7.47. The Morgan fingerprint density at radius 3 is 2.20 bits per heavy atom. The average molecular weight is 415 g/mol. The Kier molecular flexibility index (Phi) is 5.03. The van der Waals surface area contributed by atoms with Crippen LogP contribution in [-0.4, -0.2) is 42.0 Å². The fourth-order valence-corrected chi connectivity index (χ4v) is 4.26. The van der Waals surface area contributed by atoms with Crippen LogP contribution in [0.4, 0.5) is 18.9 Å². The molecule has 2 fully saturated rings. The fraction of sp³-hybridized carbons (Fsp3) is 0.318. The summed E-state index contributed by atoms with van der Waals surface area (Å²) >= 11 is 0. The van der Waals surface area contributed by atoms with E-state index in [1.807, 2.05) is 36.3 Å². The topological polar surface area (TPSA) is 52.7 Å². The Hall–Kier alpha value is -3.25. The largest absolute Gasteiger partial charge is 0.416 e. The highest BCUT2D eigenvalue weighted by Gasteiger charge is 2.50. The highest BCUT2D eigenvalue weighted by Crippen LogP contribution is 2.38. The molecule has 0 saturated carbocycles. The highest BCUT2D eigenvalue weighted by atomic mass is 19.4. The van der Waals surface area contributed by atoms with Crippen molar-refractivity contribution in [2.45, 2.75) is 24.6 Å². The molecule has 0 radical (unpaired) electrons. The minimum atomic E-state index is -4.43. The minimum absolute atomic E-state index is 0.0443. The molecule has 8 heteroatoms. The van der Waals surface area contributed by atoms with E-state index in [0.717, 1.165) is 17.8 Å². The van der Waals surface area contributed by atoms with Crippen LogP contribution >= 0.6 is 0 Å². The lowest BCUT2D eigenvalue weighted by molar-refractivity contribution is -0.137. The van der Waals surface area contributed by atoms with Crippen LogP contribution in [0.15, 0.2) is 54.6 Å². The van der Waals surface area contributed by atoms with Crippen LogP contribution in [0.1, 0.15) is 24.0 Å². The van der Waals surface area contributed by atoms with Gasteiger partial charge >= 0.3 is 6.18 Å². The number of amides is 1. The molecule has 0 bridgehead atoms. The molecule has 30 heavy (non-hydrogen) atoms. The molecule has 1 spiro atoms. The van der Waals surface area contributed by atoms with Crippen molar-refractivity contribution in [3.63, 3.8) is 0 Å². The number of rotatable bonds is 3. The first kappa shape index (κ1) is 20.0. The first-order chi connectivity index (χ1) is 14.3. The number of hydrogen-bond donors (Lipinski definition) is 1. The van der Waals surface area contributed by atoms with E-state index in [0.29, 0.717) is 38.2 Å². The van der Waals surface area contributed by atoms with Gasteiger partial charge in [0.1, 0.15) is 11.2 Å². The molecule has 1 N–H and O–H groups in total. The molecular weight excluding hydrogens is 395 g/mol. The fourth-order valence-electron chi connectivity index (χ4n) is 4.26. The Morgan fingerprint density at radius 2 is 1.63 bits per heavy atom. The molecular formula is C22H20F3N3O2. The molecule has 2 aromatic carbocycles. The predicted octanol–water partition coefficient (Wildman–Crippen LogP) is 3.31. The van der Waals surface area contributed by atoms with Crippen LogP contribution < -0.4 is 10.2 Å². The van der Waals surface area contributed by atoms with Crippen molar-refractivity contribution in [2.75, 3.05) is 24.7 Å². The Morgan fingerprint density at radius 1 is 1.00 bits per heavy atom. The highest BCUT2D eigenvalue weighted by molar-refractivity contribution is 5.94. The van der Waals surface area contributed by atoms with Gasteiger partial charge in [-0.2, -0.15) is 13.2 Å². The van der Waals surface area contributed by atoms with Crippen molar-refractivity contribution in [1.82, 2.24) is 10.2 Å². The monoisotopic (exact) mass is 415 g/mol. The van der Waals surface area contributed by atoms with Gasteiger partial charge in [-0.15, -0.1) is 0 Å². The molecule has 2 saturated heterocycles. The van der Waals surface area contributed by atoms with Crippen molar-refractivity contribution in [3.05, 3.63) is 65.7 Å².